The number of hydrogen-bond acceptors (Lipinski definition) is 3. The SMILES string of the molecule is Cc1cc(C)c2nc(C)cc(Nc3ccc(OCc4ccccc4)cc3)c2c1. The maximum absolute atomic E-state index is 5.88. The molecule has 3 heteroatoms. The molecule has 0 amide bonds. The monoisotopic (exact) mass is 368 g/mol. The van der Waals surface area contributed by atoms with Gasteiger partial charge in [0, 0.05) is 22.5 Å². The van der Waals surface area contributed by atoms with Gasteiger partial charge in [0.15, 0.2) is 0 Å². The highest BCUT2D eigenvalue weighted by Gasteiger charge is 2.08. The molecule has 4 aromatic rings. The van der Waals surface area contributed by atoms with E-state index in [0.29, 0.717) is 6.61 Å². The zero-order chi connectivity index (χ0) is 19.5. The van der Waals surface area contributed by atoms with Crippen molar-refractivity contribution in [1.82, 2.24) is 4.98 Å². The first kappa shape index (κ1) is 18.1. The first-order chi connectivity index (χ1) is 13.6. The molecule has 0 aliphatic carbocycles. The van der Waals surface area contributed by atoms with Crippen LogP contribution in [0.5, 0.6) is 5.75 Å². The third kappa shape index (κ3) is 3.99. The molecular weight excluding hydrogens is 344 g/mol. The molecule has 0 saturated heterocycles. The summed E-state index contributed by atoms with van der Waals surface area (Å²) >= 11 is 0. The Kier molecular flexibility index (Phi) is 4.98. The first-order valence-electron chi connectivity index (χ1n) is 9.51. The van der Waals surface area contributed by atoms with Crippen LogP contribution in [0.2, 0.25) is 0 Å². The molecule has 0 bridgehead atoms. The van der Waals surface area contributed by atoms with E-state index in [9.17, 15) is 0 Å². The third-order valence-electron chi connectivity index (χ3n) is 4.76. The van der Waals surface area contributed by atoms with Crippen molar-refractivity contribution in [2.24, 2.45) is 0 Å². The van der Waals surface area contributed by atoms with E-state index in [1.165, 1.54) is 11.1 Å². The maximum atomic E-state index is 5.88. The van der Waals surface area contributed by atoms with Crippen molar-refractivity contribution in [2.75, 3.05) is 5.32 Å². The average Bonchev–Trinajstić information content (AvgIpc) is 2.69. The molecule has 1 N–H and O–H groups in total. The second-order valence-electron chi connectivity index (χ2n) is 7.21. The molecule has 0 aliphatic rings. The molecular formula is C25H24N2O. The van der Waals surface area contributed by atoms with Crippen LogP contribution in [0.3, 0.4) is 0 Å². The Labute approximate surface area is 166 Å². The summed E-state index contributed by atoms with van der Waals surface area (Å²) in [6, 6.07) is 24.7. The van der Waals surface area contributed by atoms with E-state index >= 15 is 0 Å². The van der Waals surface area contributed by atoms with E-state index in [1.807, 2.05) is 49.4 Å². The van der Waals surface area contributed by atoms with E-state index in [2.05, 4.69) is 49.5 Å². The second kappa shape index (κ2) is 7.73. The van der Waals surface area contributed by atoms with Gasteiger partial charge in [0.05, 0.1) is 5.52 Å². The standard InChI is InChI=1S/C25H24N2O/c1-17-13-18(2)25-23(14-17)24(15-19(3)26-25)27-21-9-11-22(12-10-21)28-16-20-7-5-4-6-8-20/h4-15H,16H2,1-3H3,(H,26,27). The summed E-state index contributed by atoms with van der Waals surface area (Å²) in [5.74, 6) is 0.858. The molecule has 0 atom stereocenters. The minimum atomic E-state index is 0.570. The van der Waals surface area contributed by atoms with Crippen LogP contribution in [0.4, 0.5) is 11.4 Å². The number of aromatic nitrogens is 1. The summed E-state index contributed by atoms with van der Waals surface area (Å²) in [6.45, 7) is 6.84. The van der Waals surface area contributed by atoms with Crippen molar-refractivity contribution in [3.05, 3.63) is 95.2 Å². The Bertz CT molecular complexity index is 1100. The van der Waals surface area contributed by atoms with Crippen molar-refractivity contribution in [2.45, 2.75) is 27.4 Å². The van der Waals surface area contributed by atoms with Crippen LogP contribution in [-0.2, 0) is 6.61 Å². The van der Waals surface area contributed by atoms with Gasteiger partial charge in [0.1, 0.15) is 12.4 Å². The second-order valence-corrected chi connectivity index (χ2v) is 7.21. The van der Waals surface area contributed by atoms with Crippen LogP contribution in [-0.4, -0.2) is 4.98 Å². The van der Waals surface area contributed by atoms with Crippen molar-refractivity contribution >= 4 is 22.3 Å². The molecule has 0 saturated carbocycles. The minimum absolute atomic E-state index is 0.570. The number of hydrogen-bond donors (Lipinski definition) is 1. The smallest absolute Gasteiger partial charge is 0.119 e. The summed E-state index contributed by atoms with van der Waals surface area (Å²) < 4.78 is 5.88. The highest BCUT2D eigenvalue weighted by Crippen LogP contribution is 2.30. The molecule has 1 aromatic heterocycles. The quantitative estimate of drug-likeness (QED) is 0.437. The highest BCUT2D eigenvalue weighted by atomic mass is 16.5. The van der Waals surface area contributed by atoms with Crippen LogP contribution >= 0.6 is 0 Å². The van der Waals surface area contributed by atoms with E-state index < -0.39 is 0 Å². The number of aryl methyl sites for hydroxylation is 3. The van der Waals surface area contributed by atoms with Gasteiger partial charge in [-0.3, -0.25) is 4.98 Å². The molecule has 0 spiro atoms. The maximum Gasteiger partial charge on any atom is 0.119 e. The van der Waals surface area contributed by atoms with Crippen LogP contribution in [0.1, 0.15) is 22.4 Å². The average molecular weight is 368 g/mol. The summed E-state index contributed by atoms with van der Waals surface area (Å²) in [4.78, 5) is 4.73. The Balaban J connectivity index is 1.55. The van der Waals surface area contributed by atoms with E-state index in [0.717, 1.165) is 39.3 Å². The zero-order valence-corrected chi connectivity index (χ0v) is 16.5. The van der Waals surface area contributed by atoms with Crippen LogP contribution in [0, 0.1) is 20.8 Å². The predicted octanol–water partition coefficient (Wildman–Crippen LogP) is 6.48. The van der Waals surface area contributed by atoms with Gasteiger partial charge >= 0.3 is 0 Å². The lowest BCUT2D eigenvalue weighted by Crippen LogP contribution is -1.97. The Hall–Kier alpha value is -3.33. The zero-order valence-electron chi connectivity index (χ0n) is 16.5. The van der Waals surface area contributed by atoms with Gasteiger partial charge in [-0.1, -0.05) is 42.0 Å². The lowest BCUT2D eigenvalue weighted by atomic mass is 10.0. The van der Waals surface area contributed by atoms with Gasteiger partial charge in [-0.25, -0.2) is 0 Å². The number of pyridine rings is 1. The lowest BCUT2D eigenvalue weighted by molar-refractivity contribution is 0.306. The van der Waals surface area contributed by atoms with E-state index in [1.54, 1.807) is 0 Å². The number of anilines is 2. The Morgan fingerprint density at radius 2 is 1.61 bits per heavy atom. The Morgan fingerprint density at radius 3 is 2.36 bits per heavy atom. The number of fused-ring (bicyclic) bond motifs is 1. The topological polar surface area (TPSA) is 34.2 Å². The van der Waals surface area contributed by atoms with Crippen molar-refractivity contribution in [3.8, 4) is 5.75 Å². The van der Waals surface area contributed by atoms with Crippen LogP contribution in [0.25, 0.3) is 10.9 Å². The normalized spacial score (nSPS) is 10.8. The van der Waals surface area contributed by atoms with E-state index in [4.69, 9.17) is 9.72 Å². The molecule has 3 nitrogen and oxygen atoms in total. The summed E-state index contributed by atoms with van der Waals surface area (Å²) in [5, 5.41) is 4.69. The van der Waals surface area contributed by atoms with Crippen molar-refractivity contribution in [1.29, 1.82) is 0 Å². The Morgan fingerprint density at radius 1 is 0.857 bits per heavy atom. The molecule has 28 heavy (non-hydrogen) atoms. The third-order valence-corrected chi connectivity index (χ3v) is 4.76. The van der Waals surface area contributed by atoms with Gasteiger partial charge in [-0.15, -0.1) is 0 Å². The molecule has 0 fully saturated rings. The summed E-state index contributed by atoms with van der Waals surface area (Å²) in [5.41, 5.74) is 7.76. The van der Waals surface area contributed by atoms with E-state index in [-0.39, 0.29) is 0 Å². The van der Waals surface area contributed by atoms with Gasteiger partial charge in [0.2, 0.25) is 0 Å². The van der Waals surface area contributed by atoms with Gasteiger partial charge in [-0.05, 0) is 68.3 Å². The number of nitrogens with one attached hydrogen (secondary N) is 1. The number of nitrogens with zero attached hydrogens (tertiary/aromatic N) is 1. The molecule has 4 rings (SSSR count). The largest absolute Gasteiger partial charge is 0.489 e. The fraction of sp³-hybridized carbons (Fsp3) is 0.160. The molecule has 0 unspecified atom stereocenters. The minimum Gasteiger partial charge on any atom is -0.489 e. The van der Waals surface area contributed by atoms with Gasteiger partial charge in [-0.2, -0.15) is 0 Å². The molecule has 0 radical (unpaired) electrons. The number of ether oxygens (including phenoxy) is 1. The fourth-order valence-electron chi connectivity index (χ4n) is 3.44. The van der Waals surface area contributed by atoms with Crippen LogP contribution in [0.15, 0.2) is 72.8 Å². The number of rotatable bonds is 5. The lowest BCUT2D eigenvalue weighted by Gasteiger charge is -2.14. The van der Waals surface area contributed by atoms with Crippen molar-refractivity contribution in [3.63, 3.8) is 0 Å². The molecule has 0 aliphatic heterocycles. The number of benzene rings is 3. The molecule has 3 aromatic carbocycles. The summed E-state index contributed by atoms with van der Waals surface area (Å²) in [7, 11) is 0. The highest BCUT2D eigenvalue weighted by molar-refractivity contribution is 5.95. The van der Waals surface area contributed by atoms with Crippen molar-refractivity contribution < 1.29 is 4.74 Å². The fourth-order valence-corrected chi connectivity index (χ4v) is 3.44. The van der Waals surface area contributed by atoms with Crippen LogP contribution < -0.4 is 10.1 Å². The molecule has 1 heterocycles. The van der Waals surface area contributed by atoms with Gasteiger partial charge in [0.25, 0.3) is 0 Å². The van der Waals surface area contributed by atoms with Gasteiger partial charge < -0.3 is 10.1 Å². The first-order valence-corrected chi connectivity index (χ1v) is 9.51. The predicted molar refractivity (Wildman–Crippen MR) is 116 cm³/mol. The molecule has 140 valence electrons. The summed E-state index contributed by atoms with van der Waals surface area (Å²) in [6.07, 6.45) is 0.